The highest BCUT2D eigenvalue weighted by molar-refractivity contribution is 9.10. The SMILES string of the molecule is O=C(Nc1c2c(c(Br)c3c1CCC3)CCC2)NS(=O)(=O)c1cc2c(o1)CCCCC2O. The van der Waals surface area contributed by atoms with E-state index in [1.807, 2.05) is 0 Å². The fourth-order valence-electron chi connectivity index (χ4n) is 5.16. The van der Waals surface area contributed by atoms with Gasteiger partial charge in [-0.1, -0.05) is 22.4 Å². The predicted molar refractivity (Wildman–Crippen MR) is 119 cm³/mol. The van der Waals surface area contributed by atoms with E-state index in [0.29, 0.717) is 24.2 Å². The van der Waals surface area contributed by atoms with Crippen molar-refractivity contribution >= 4 is 37.7 Å². The Hall–Kier alpha value is -1.84. The minimum absolute atomic E-state index is 0.333. The Kier molecular flexibility index (Phi) is 5.38. The summed E-state index contributed by atoms with van der Waals surface area (Å²) in [5, 5.41) is 12.7. The summed E-state index contributed by atoms with van der Waals surface area (Å²) in [6.45, 7) is 0. The Balaban J connectivity index is 1.40. The summed E-state index contributed by atoms with van der Waals surface area (Å²) in [5.74, 6) is 0.481. The van der Waals surface area contributed by atoms with E-state index in [1.54, 1.807) is 0 Å². The van der Waals surface area contributed by atoms with E-state index in [1.165, 1.54) is 17.2 Å². The molecule has 0 bridgehead atoms. The predicted octanol–water partition coefficient (Wildman–Crippen LogP) is 4.29. The standard InChI is InChI=1S/C22H25BrN2O5S/c23-20-12-5-3-7-14(12)21(15-8-4-6-13(15)20)24-22(27)25-31(28,29)19-11-16-17(26)9-1-2-10-18(16)30-19/h11,17,26H,1-10H2,(H2,24,25,27). The molecule has 0 saturated carbocycles. The molecule has 3 aliphatic carbocycles. The minimum atomic E-state index is -4.19. The number of hydrogen-bond acceptors (Lipinski definition) is 5. The number of halogens is 1. The molecule has 1 aromatic heterocycles. The van der Waals surface area contributed by atoms with Gasteiger partial charge in [0.05, 0.1) is 6.10 Å². The Bertz CT molecular complexity index is 1140. The van der Waals surface area contributed by atoms with Crippen LogP contribution in [0.25, 0.3) is 0 Å². The molecule has 1 atom stereocenters. The van der Waals surface area contributed by atoms with Gasteiger partial charge >= 0.3 is 6.03 Å². The zero-order chi connectivity index (χ0) is 21.8. The third kappa shape index (κ3) is 3.70. The van der Waals surface area contributed by atoms with Crippen LogP contribution in [-0.2, 0) is 42.1 Å². The summed E-state index contributed by atoms with van der Waals surface area (Å²) in [6, 6.07) is 0.549. The van der Waals surface area contributed by atoms with Crippen LogP contribution < -0.4 is 10.0 Å². The number of anilines is 1. The number of nitrogens with one attached hydrogen (secondary N) is 2. The number of carbonyl (C=O) groups is 1. The molecule has 9 heteroatoms. The summed E-state index contributed by atoms with van der Waals surface area (Å²) in [7, 11) is -4.19. The van der Waals surface area contributed by atoms with E-state index in [-0.39, 0.29) is 5.09 Å². The minimum Gasteiger partial charge on any atom is -0.447 e. The molecule has 2 amide bonds. The maximum absolute atomic E-state index is 12.8. The van der Waals surface area contributed by atoms with Crippen molar-refractivity contribution in [3.05, 3.63) is 44.1 Å². The maximum atomic E-state index is 12.8. The molecule has 31 heavy (non-hydrogen) atoms. The van der Waals surface area contributed by atoms with Gasteiger partial charge in [0.1, 0.15) is 5.76 Å². The number of rotatable bonds is 3. The van der Waals surface area contributed by atoms with Gasteiger partial charge in [-0.2, -0.15) is 8.42 Å². The second-order valence-corrected chi connectivity index (χ2v) is 11.0. The van der Waals surface area contributed by atoms with Crippen LogP contribution in [0.15, 0.2) is 20.0 Å². The number of aliphatic hydroxyl groups excluding tert-OH is 1. The van der Waals surface area contributed by atoms with Gasteiger partial charge in [0, 0.05) is 28.2 Å². The number of amides is 2. The van der Waals surface area contributed by atoms with Crippen molar-refractivity contribution in [1.29, 1.82) is 0 Å². The van der Waals surface area contributed by atoms with Crippen LogP contribution in [0.5, 0.6) is 0 Å². The first-order valence-electron chi connectivity index (χ1n) is 10.8. The normalized spacial score (nSPS) is 20.0. The number of benzene rings is 1. The number of aryl methyl sites for hydroxylation is 1. The molecular weight excluding hydrogens is 484 g/mol. The largest absolute Gasteiger partial charge is 0.447 e. The number of fused-ring (bicyclic) bond motifs is 3. The molecule has 3 N–H and O–H groups in total. The van der Waals surface area contributed by atoms with Crippen molar-refractivity contribution in [2.45, 2.75) is 75.4 Å². The molecule has 0 radical (unpaired) electrons. The number of urea groups is 1. The second-order valence-electron chi connectivity index (χ2n) is 8.58. The lowest BCUT2D eigenvalue weighted by atomic mass is 9.99. The Labute approximate surface area is 189 Å². The third-order valence-corrected chi connectivity index (χ3v) is 8.75. The Morgan fingerprint density at radius 2 is 1.65 bits per heavy atom. The lowest BCUT2D eigenvalue weighted by Gasteiger charge is -2.18. The maximum Gasteiger partial charge on any atom is 0.333 e. The molecule has 0 fully saturated rings. The van der Waals surface area contributed by atoms with Gasteiger partial charge < -0.3 is 14.8 Å². The zero-order valence-electron chi connectivity index (χ0n) is 17.1. The average Bonchev–Trinajstić information content (AvgIpc) is 3.46. The van der Waals surface area contributed by atoms with Crippen LogP contribution in [-0.4, -0.2) is 19.6 Å². The van der Waals surface area contributed by atoms with E-state index >= 15 is 0 Å². The molecule has 166 valence electrons. The molecule has 0 aliphatic heterocycles. The molecule has 2 aromatic rings. The number of hydrogen-bond donors (Lipinski definition) is 3. The molecule has 0 saturated heterocycles. The quantitative estimate of drug-likeness (QED) is 0.535. The molecule has 1 aromatic carbocycles. The number of furan rings is 1. The summed E-state index contributed by atoms with van der Waals surface area (Å²) >= 11 is 3.74. The van der Waals surface area contributed by atoms with Crippen molar-refractivity contribution in [1.82, 2.24) is 4.72 Å². The number of sulfonamides is 1. The van der Waals surface area contributed by atoms with Crippen molar-refractivity contribution in [3.8, 4) is 0 Å². The highest BCUT2D eigenvalue weighted by atomic mass is 79.9. The van der Waals surface area contributed by atoms with Gasteiger partial charge in [-0.3, -0.25) is 0 Å². The highest BCUT2D eigenvalue weighted by Gasteiger charge is 2.31. The molecule has 0 spiro atoms. The molecular formula is C22H25BrN2O5S. The second kappa shape index (κ2) is 7.94. The lowest BCUT2D eigenvalue weighted by molar-refractivity contribution is 0.166. The summed E-state index contributed by atoms with van der Waals surface area (Å²) in [6.07, 6.45) is 7.77. The van der Waals surface area contributed by atoms with Crippen molar-refractivity contribution in [2.24, 2.45) is 0 Å². The van der Waals surface area contributed by atoms with Crippen molar-refractivity contribution < 1.29 is 22.7 Å². The van der Waals surface area contributed by atoms with E-state index in [4.69, 9.17) is 4.42 Å². The summed E-state index contributed by atoms with van der Waals surface area (Å²) in [4.78, 5) is 12.7. The van der Waals surface area contributed by atoms with Gasteiger partial charge in [-0.15, -0.1) is 0 Å². The Morgan fingerprint density at radius 1 is 1.00 bits per heavy atom. The van der Waals surface area contributed by atoms with Crippen molar-refractivity contribution in [2.75, 3.05) is 5.32 Å². The van der Waals surface area contributed by atoms with Crippen LogP contribution in [0.2, 0.25) is 0 Å². The smallest absolute Gasteiger partial charge is 0.333 e. The van der Waals surface area contributed by atoms with Crippen LogP contribution in [0.3, 0.4) is 0 Å². The molecule has 1 unspecified atom stereocenters. The zero-order valence-corrected chi connectivity index (χ0v) is 19.5. The molecule has 1 heterocycles. The number of carbonyl (C=O) groups excluding carboxylic acids is 1. The van der Waals surface area contributed by atoms with Crippen LogP contribution in [0.4, 0.5) is 10.5 Å². The van der Waals surface area contributed by atoms with Gasteiger partial charge in [-0.25, -0.2) is 9.52 Å². The van der Waals surface area contributed by atoms with Crippen molar-refractivity contribution in [3.63, 3.8) is 0 Å². The van der Waals surface area contributed by atoms with E-state index in [9.17, 15) is 18.3 Å². The fourth-order valence-corrected chi connectivity index (χ4v) is 6.92. The fraction of sp³-hybridized carbons (Fsp3) is 0.500. The van der Waals surface area contributed by atoms with Gasteiger partial charge in [0.25, 0.3) is 10.0 Å². The first-order valence-corrected chi connectivity index (χ1v) is 13.1. The van der Waals surface area contributed by atoms with Gasteiger partial charge in [-0.05, 0) is 73.6 Å². The Morgan fingerprint density at radius 3 is 2.32 bits per heavy atom. The lowest BCUT2D eigenvalue weighted by Crippen LogP contribution is -2.34. The van der Waals surface area contributed by atoms with Crippen LogP contribution in [0.1, 0.15) is 71.8 Å². The van der Waals surface area contributed by atoms with Crippen LogP contribution >= 0.6 is 15.9 Å². The topological polar surface area (TPSA) is 109 Å². The molecule has 5 rings (SSSR count). The summed E-state index contributed by atoms with van der Waals surface area (Å²) < 4.78 is 34.4. The average molecular weight is 509 g/mol. The van der Waals surface area contributed by atoms with Crippen LogP contribution in [0, 0.1) is 0 Å². The van der Waals surface area contributed by atoms with E-state index < -0.39 is 22.2 Å². The first kappa shape index (κ1) is 21.0. The van der Waals surface area contributed by atoms with Gasteiger partial charge in [0.15, 0.2) is 0 Å². The third-order valence-electron chi connectivity index (χ3n) is 6.61. The molecule has 7 nitrogen and oxygen atoms in total. The highest BCUT2D eigenvalue weighted by Crippen LogP contribution is 2.44. The van der Waals surface area contributed by atoms with E-state index in [2.05, 4.69) is 26.0 Å². The first-order chi connectivity index (χ1) is 14.8. The van der Waals surface area contributed by atoms with E-state index in [0.717, 1.165) is 72.7 Å². The number of aliphatic hydroxyl groups is 1. The molecule has 3 aliphatic rings. The monoisotopic (exact) mass is 508 g/mol. The summed E-state index contributed by atoms with van der Waals surface area (Å²) in [5.41, 5.74) is 5.93. The van der Waals surface area contributed by atoms with Gasteiger partial charge in [0.2, 0.25) is 5.09 Å².